The molecule has 3 heteroatoms. The second-order valence-corrected chi connectivity index (χ2v) is 4.42. The lowest BCUT2D eigenvalue weighted by Crippen LogP contribution is -2.42. The van der Waals surface area contributed by atoms with E-state index in [1.54, 1.807) is 19.9 Å². The molecule has 3 N–H and O–H groups in total. The Bertz CT molecular complexity index is 444. The zero-order chi connectivity index (χ0) is 12.9. The molecule has 0 unspecified atom stereocenters. The van der Waals surface area contributed by atoms with Crippen LogP contribution in [0.4, 0.5) is 0 Å². The lowest BCUT2D eigenvalue weighted by Gasteiger charge is -2.20. The van der Waals surface area contributed by atoms with Crippen LogP contribution in [0.5, 0.6) is 0 Å². The molecule has 1 amide bonds. The molecule has 0 aromatic heterocycles. The van der Waals surface area contributed by atoms with Crippen LogP contribution in [0.3, 0.4) is 0 Å². The molecule has 90 valence electrons. The first-order chi connectivity index (χ1) is 8.00. The lowest BCUT2D eigenvalue weighted by atomic mass is 10.0. The Morgan fingerprint density at radius 2 is 2.12 bits per heavy atom. The quantitative estimate of drug-likeness (QED) is 0.767. The molecule has 0 aliphatic heterocycles. The van der Waals surface area contributed by atoms with Gasteiger partial charge in [0.05, 0.1) is 5.54 Å². The SMILES string of the molecule is C#CC(C)(C)NC(=O)c1ccccc1CCN. The Morgan fingerprint density at radius 1 is 1.47 bits per heavy atom. The maximum Gasteiger partial charge on any atom is 0.252 e. The summed E-state index contributed by atoms with van der Waals surface area (Å²) in [5.41, 5.74) is 6.46. The van der Waals surface area contributed by atoms with Gasteiger partial charge in [0.2, 0.25) is 0 Å². The van der Waals surface area contributed by atoms with Crippen molar-refractivity contribution in [3.8, 4) is 12.3 Å². The summed E-state index contributed by atoms with van der Waals surface area (Å²) in [7, 11) is 0. The molecule has 3 nitrogen and oxygen atoms in total. The first-order valence-corrected chi connectivity index (χ1v) is 5.58. The van der Waals surface area contributed by atoms with Gasteiger partial charge in [-0.05, 0) is 38.4 Å². The van der Waals surface area contributed by atoms with Gasteiger partial charge >= 0.3 is 0 Å². The fourth-order valence-corrected chi connectivity index (χ4v) is 1.50. The van der Waals surface area contributed by atoms with Gasteiger partial charge in [-0.3, -0.25) is 4.79 Å². The number of rotatable bonds is 4. The summed E-state index contributed by atoms with van der Waals surface area (Å²) in [4.78, 5) is 12.1. The van der Waals surface area contributed by atoms with E-state index in [-0.39, 0.29) is 5.91 Å². The zero-order valence-corrected chi connectivity index (χ0v) is 10.3. The molecule has 0 radical (unpaired) electrons. The standard InChI is InChI=1S/C14H18N2O/c1-4-14(2,3)16-13(17)12-8-6-5-7-11(12)9-10-15/h1,5-8H,9-10,15H2,2-3H3,(H,16,17). The molecular formula is C14H18N2O. The molecule has 1 aromatic carbocycles. The number of carbonyl (C=O) groups excluding carboxylic acids is 1. The van der Waals surface area contributed by atoms with E-state index >= 15 is 0 Å². The molecule has 1 rings (SSSR count). The minimum atomic E-state index is -0.646. The Kier molecular flexibility index (Phi) is 4.30. The van der Waals surface area contributed by atoms with Gasteiger partial charge in [0, 0.05) is 5.56 Å². The van der Waals surface area contributed by atoms with Crippen LogP contribution < -0.4 is 11.1 Å². The average molecular weight is 230 g/mol. The van der Waals surface area contributed by atoms with Crippen molar-refractivity contribution in [1.82, 2.24) is 5.32 Å². The van der Waals surface area contributed by atoms with Crippen molar-refractivity contribution in [2.75, 3.05) is 6.54 Å². The highest BCUT2D eigenvalue weighted by Gasteiger charge is 2.19. The largest absolute Gasteiger partial charge is 0.336 e. The van der Waals surface area contributed by atoms with Crippen molar-refractivity contribution < 1.29 is 4.79 Å². The maximum atomic E-state index is 12.1. The number of carbonyl (C=O) groups is 1. The van der Waals surface area contributed by atoms with Crippen LogP contribution in [0.1, 0.15) is 29.8 Å². The van der Waals surface area contributed by atoms with Crippen molar-refractivity contribution in [1.29, 1.82) is 0 Å². The Balaban J connectivity index is 2.93. The molecule has 0 bridgehead atoms. The average Bonchev–Trinajstić information content (AvgIpc) is 2.29. The summed E-state index contributed by atoms with van der Waals surface area (Å²) in [6, 6.07) is 7.42. The molecule has 0 aliphatic rings. The highest BCUT2D eigenvalue weighted by atomic mass is 16.1. The fourth-order valence-electron chi connectivity index (χ4n) is 1.50. The van der Waals surface area contributed by atoms with Crippen LogP contribution in [0, 0.1) is 12.3 Å². The predicted molar refractivity (Wildman–Crippen MR) is 69.6 cm³/mol. The topological polar surface area (TPSA) is 55.1 Å². The first-order valence-electron chi connectivity index (χ1n) is 5.58. The van der Waals surface area contributed by atoms with Crippen LogP contribution in [0.2, 0.25) is 0 Å². The van der Waals surface area contributed by atoms with Crippen molar-refractivity contribution in [3.05, 3.63) is 35.4 Å². The van der Waals surface area contributed by atoms with Gasteiger partial charge in [-0.15, -0.1) is 6.42 Å². The number of terminal acetylenes is 1. The molecule has 0 heterocycles. The number of hydrogen-bond acceptors (Lipinski definition) is 2. The number of nitrogens with two attached hydrogens (primary N) is 1. The van der Waals surface area contributed by atoms with Crippen molar-refractivity contribution in [3.63, 3.8) is 0 Å². The van der Waals surface area contributed by atoms with Gasteiger partial charge in [0.1, 0.15) is 0 Å². The van der Waals surface area contributed by atoms with E-state index < -0.39 is 5.54 Å². The smallest absolute Gasteiger partial charge is 0.252 e. The summed E-state index contributed by atoms with van der Waals surface area (Å²) in [6.07, 6.45) is 6.03. The lowest BCUT2D eigenvalue weighted by molar-refractivity contribution is 0.0929. The number of benzene rings is 1. The third-order valence-electron chi connectivity index (χ3n) is 2.46. The van der Waals surface area contributed by atoms with Crippen molar-refractivity contribution >= 4 is 5.91 Å². The summed E-state index contributed by atoms with van der Waals surface area (Å²) in [5, 5.41) is 2.81. The Hall–Kier alpha value is -1.79. The van der Waals surface area contributed by atoms with E-state index in [4.69, 9.17) is 12.2 Å². The third-order valence-corrected chi connectivity index (χ3v) is 2.46. The number of amides is 1. The van der Waals surface area contributed by atoms with Gasteiger partial charge in [-0.2, -0.15) is 0 Å². The minimum absolute atomic E-state index is 0.156. The predicted octanol–water partition coefficient (Wildman–Crippen LogP) is 1.33. The molecule has 1 aromatic rings. The second kappa shape index (κ2) is 5.51. The van der Waals surface area contributed by atoms with E-state index in [0.717, 1.165) is 5.56 Å². The van der Waals surface area contributed by atoms with Crippen LogP contribution in [0.15, 0.2) is 24.3 Å². The first kappa shape index (κ1) is 13.3. The molecule has 0 saturated heterocycles. The highest BCUT2D eigenvalue weighted by molar-refractivity contribution is 5.96. The van der Waals surface area contributed by atoms with E-state index in [9.17, 15) is 4.79 Å². The van der Waals surface area contributed by atoms with Crippen LogP contribution in [-0.4, -0.2) is 18.0 Å². The van der Waals surface area contributed by atoms with E-state index in [0.29, 0.717) is 18.5 Å². The molecule has 0 aliphatic carbocycles. The Morgan fingerprint density at radius 3 is 2.71 bits per heavy atom. The van der Waals surface area contributed by atoms with Crippen molar-refractivity contribution in [2.24, 2.45) is 5.73 Å². The van der Waals surface area contributed by atoms with Crippen LogP contribution in [0.25, 0.3) is 0 Å². The summed E-state index contributed by atoms with van der Waals surface area (Å²) in [6.45, 7) is 4.09. The maximum absolute atomic E-state index is 12.1. The van der Waals surface area contributed by atoms with Gasteiger partial charge in [0.15, 0.2) is 0 Å². The molecule has 17 heavy (non-hydrogen) atoms. The van der Waals surface area contributed by atoms with Gasteiger partial charge in [-0.25, -0.2) is 0 Å². The van der Waals surface area contributed by atoms with Crippen LogP contribution in [-0.2, 0) is 6.42 Å². The normalized spacial score (nSPS) is 10.7. The van der Waals surface area contributed by atoms with E-state index in [2.05, 4.69) is 11.2 Å². The second-order valence-electron chi connectivity index (χ2n) is 4.42. The molecule has 0 saturated carbocycles. The fraction of sp³-hybridized carbons (Fsp3) is 0.357. The third kappa shape index (κ3) is 3.61. The number of nitrogens with one attached hydrogen (secondary N) is 1. The zero-order valence-electron chi connectivity index (χ0n) is 10.3. The van der Waals surface area contributed by atoms with Crippen molar-refractivity contribution in [2.45, 2.75) is 25.8 Å². The van der Waals surface area contributed by atoms with E-state index in [1.807, 2.05) is 18.2 Å². The summed E-state index contributed by atoms with van der Waals surface area (Å²) < 4.78 is 0. The van der Waals surface area contributed by atoms with Gasteiger partial charge in [0.25, 0.3) is 5.91 Å². The van der Waals surface area contributed by atoms with Crippen LogP contribution >= 0.6 is 0 Å². The van der Waals surface area contributed by atoms with E-state index in [1.165, 1.54) is 0 Å². The monoisotopic (exact) mass is 230 g/mol. The van der Waals surface area contributed by atoms with Gasteiger partial charge < -0.3 is 11.1 Å². The van der Waals surface area contributed by atoms with Gasteiger partial charge in [-0.1, -0.05) is 24.1 Å². The molecule has 0 spiro atoms. The summed E-state index contributed by atoms with van der Waals surface area (Å²) >= 11 is 0. The highest BCUT2D eigenvalue weighted by Crippen LogP contribution is 2.11. The summed E-state index contributed by atoms with van der Waals surface area (Å²) in [5.74, 6) is 2.38. The molecule has 0 fully saturated rings. The molecular weight excluding hydrogens is 212 g/mol. The molecule has 0 atom stereocenters. The Labute approximate surface area is 102 Å². The number of hydrogen-bond donors (Lipinski definition) is 2. The minimum Gasteiger partial charge on any atom is -0.336 e.